The van der Waals surface area contributed by atoms with Gasteiger partial charge < -0.3 is 9.64 Å². The number of hydrogen-bond acceptors (Lipinski definition) is 3. The Bertz CT molecular complexity index is 754. The van der Waals surface area contributed by atoms with Gasteiger partial charge in [-0.15, -0.1) is 0 Å². The normalized spacial score (nSPS) is 12.4. The Labute approximate surface area is 159 Å². The standard InChI is InChI=1S/C20H26BrN3O/c1-7-24(6)12-22-19-11-18(21)20(23-15(19)4)25-16(5)17-9-13(2)8-14(3)10-17/h8-12,16H,7H2,1-6H3/b22-12+/t16-/m0/s1. The molecule has 0 aliphatic heterocycles. The van der Waals surface area contributed by atoms with Crippen molar-refractivity contribution in [2.24, 2.45) is 4.99 Å². The monoisotopic (exact) mass is 403 g/mol. The van der Waals surface area contributed by atoms with Gasteiger partial charge in [0.2, 0.25) is 5.88 Å². The summed E-state index contributed by atoms with van der Waals surface area (Å²) in [6.07, 6.45) is 1.73. The number of aliphatic imine (C=N–C) groups is 1. The molecule has 1 atom stereocenters. The smallest absolute Gasteiger partial charge is 0.228 e. The molecule has 0 saturated carbocycles. The van der Waals surface area contributed by atoms with Gasteiger partial charge in [0.1, 0.15) is 6.10 Å². The lowest BCUT2D eigenvalue weighted by Gasteiger charge is -2.17. The van der Waals surface area contributed by atoms with Crippen LogP contribution in [-0.2, 0) is 0 Å². The van der Waals surface area contributed by atoms with Crippen molar-refractivity contribution < 1.29 is 4.74 Å². The molecule has 0 fully saturated rings. The molecule has 0 bridgehead atoms. The van der Waals surface area contributed by atoms with Crippen LogP contribution < -0.4 is 4.74 Å². The van der Waals surface area contributed by atoms with Crippen LogP contribution in [-0.4, -0.2) is 29.8 Å². The largest absolute Gasteiger partial charge is 0.469 e. The van der Waals surface area contributed by atoms with Crippen molar-refractivity contribution in [1.29, 1.82) is 0 Å². The van der Waals surface area contributed by atoms with Crippen LogP contribution in [0, 0.1) is 20.8 Å². The number of hydrogen-bond donors (Lipinski definition) is 0. The Balaban J connectivity index is 2.22. The molecule has 1 aromatic heterocycles. The summed E-state index contributed by atoms with van der Waals surface area (Å²) in [5.41, 5.74) is 5.29. The fourth-order valence-corrected chi connectivity index (χ4v) is 2.88. The highest BCUT2D eigenvalue weighted by Crippen LogP contribution is 2.32. The van der Waals surface area contributed by atoms with E-state index in [-0.39, 0.29) is 6.10 Å². The van der Waals surface area contributed by atoms with E-state index in [1.807, 2.05) is 38.2 Å². The summed E-state index contributed by atoms with van der Waals surface area (Å²) >= 11 is 3.56. The molecule has 2 aromatic rings. The quantitative estimate of drug-likeness (QED) is 0.470. The van der Waals surface area contributed by atoms with Crippen LogP contribution in [0.15, 0.2) is 33.7 Å². The molecule has 0 N–H and O–H groups in total. The maximum absolute atomic E-state index is 6.10. The first-order valence-corrected chi connectivity index (χ1v) is 9.25. The van der Waals surface area contributed by atoms with Crippen LogP contribution in [0.25, 0.3) is 0 Å². The van der Waals surface area contributed by atoms with E-state index in [0.717, 1.165) is 28.0 Å². The lowest BCUT2D eigenvalue weighted by molar-refractivity contribution is 0.215. The van der Waals surface area contributed by atoms with Crippen LogP contribution in [0.4, 0.5) is 5.69 Å². The minimum absolute atomic E-state index is 0.0811. The average Bonchev–Trinajstić information content (AvgIpc) is 2.55. The van der Waals surface area contributed by atoms with Crippen molar-refractivity contribution in [3.8, 4) is 5.88 Å². The highest BCUT2D eigenvalue weighted by atomic mass is 79.9. The summed E-state index contributed by atoms with van der Waals surface area (Å²) < 4.78 is 6.91. The zero-order valence-corrected chi connectivity index (χ0v) is 17.4. The number of ether oxygens (including phenoxy) is 1. The van der Waals surface area contributed by atoms with Gasteiger partial charge in [0.15, 0.2) is 0 Å². The molecule has 1 heterocycles. The van der Waals surface area contributed by atoms with E-state index in [1.165, 1.54) is 11.1 Å². The molecule has 2 rings (SSSR count). The highest BCUT2D eigenvalue weighted by Gasteiger charge is 2.14. The minimum Gasteiger partial charge on any atom is -0.469 e. The molecule has 0 amide bonds. The molecule has 1 aromatic carbocycles. The number of pyridine rings is 1. The van der Waals surface area contributed by atoms with Gasteiger partial charge in [-0.2, -0.15) is 0 Å². The van der Waals surface area contributed by atoms with Gasteiger partial charge in [0.05, 0.1) is 22.2 Å². The number of aromatic nitrogens is 1. The zero-order valence-electron chi connectivity index (χ0n) is 15.8. The maximum atomic E-state index is 6.10. The van der Waals surface area contributed by atoms with E-state index in [9.17, 15) is 0 Å². The van der Waals surface area contributed by atoms with Crippen molar-refractivity contribution in [2.75, 3.05) is 13.6 Å². The summed E-state index contributed by atoms with van der Waals surface area (Å²) in [4.78, 5) is 11.1. The summed E-state index contributed by atoms with van der Waals surface area (Å²) in [5, 5.41) is 0. The van der Waals surface area contributed by atoms with Crippen molar-refractivity contribution in [3.05, 3.63) is 51.1 Å². The van der Waals surface area contributed by atoms with Crippen molar-refractivity contribution >= 4 is 28.0 Å². The molecule has 5 heteroatoms. The molecule has 134 valence electrons. The molecule has 0 radical (unpaired) electrons. The van der Waals surface area contributed by atoms with Crippen LogP contribution in [0.1, 0.15) is 42.3 Å². The second kappa shape index (κ2) is 8.48. The van der Waals surface area contributed by atoms with Crippen molar-refractivity contribution in [1.82, 2.24) is 9.88 Å². The fraction of sp³-hybridized carbons (Fsp3) is 0.400. The Kier molecular flexibility index (Phi) is 6.59. The van der Waals surface area contributed by atoms with E-state index in [2.05, 4.69) is 64.9 Å². The zero-order chi connectivity index (χ0) is 18.6. The molecule has 0 unspecified atom stereocenters. The summed E-state index contributed by atoms with van der Waals surface area (Å²) in [5.74, 6) is 0.590. The first-order valence-electron chi connectivity index (χ1n) is 8.46. The first-order chi connectivity index (χ1) is 11.8. The third-order valence-corrected chi connectivity index (χ3v) is 4.57. The lowest BCUT2D eigenvalue weighted by atomic mass is 10.0. The molecule has 25 heavy (non-hydrogen) atoms. The van der Waals surface area contributed by atoms with Gasteiger partial charge in [0.25, 0.3) is 0 Å². The van der Waals surface area contributed by atoms with Crippen LogP contribution in [0.3, 0.4) is 0 Å². The van der Waals surface area contributed by atoms with Gasteiger partial charge in [-0.3, -0.25) is 0 Å². The van der Waals surface area contributed by atoms with Crippen LogP contribution in [0.2, 0.25) is 0 Å². The number of halogens is 1. The van der Waals surface area contributed by atoms with Gasteiger partial charge in [0, 0.05) is 13.6 Å². The second-order valence-electron chi connectivity index (χ2n) is 6.38. The maximum Gasteiger partial charge on any atom is 0.228 e. The van der Waals surface area contributed by atoms with E-state index in [0.29, 0.717) is 5.88 Å². The Morgan fingerprint density at radius 2 is 1.84 bits per heavy atom. The number of benzene rings is 1. The molecule has 0 spiro atoms. The first kappa shape index (κ1) is 19.4. The fourth-order valence-electron chi connectivity index (χ4n) is 2.49. The van der Waals surface area contributed by atoms with Crippen LogP contribution in [0.5, 0.6) is 5.88 Å². The lowest BCUT2D eigenvalue weighted by Crippen LogP contribution is -2.14. The molecule has 4 nitrogen and oxygen atoms in total. The topological polar surface area (TPSA) is 37.7 Å². The third-order valence-electron chi connectivity index (χ3n) is 4.00. The van der Waals surface area contributed by atoms with Crippen molar-refractivity contribution in [2.45, 2.75) is 40.7 Å². The SMILES string of the molecule is CCN(C)/C=N/c1cc(Br)c(O[C@@H](C)c2cc(C)cc(C)c2)nc1C. The third kappa shape index (κ3) is 5.30. The van der Waals surface area contributed by atoms with E-state index in [4.69, 9.17) is 4.74 Å². The Hall–Kier alpha value is -1.88. The molecular formula is C20H26BrN3O. The number of aryl methyl sites for hydroxylation is 3. The second-order valence-corrected chi connectivity index (χ2v) is 7.23. The molecular weight excluding hydrogens is 378 g/mol. The van der Waals surface area contributed by atoms with Crippen LogP contribution >= 0.6 is 15.9 Å². The predicted molar refractivity (Wildman–Crippen MR) is 108 cm³/mol. The van der Waals surface area contributed by atoms with E-state index in [1.54, 1.807) is 0 Å². The van der Waals surface area contributed by atoms with Gasteiger partial charge in [-0.25, -0.2) is 9.98 Å². The summed E-state index contributed by atoms with van der Waals surface area (Å²) in [7, 11) is 1.99. The molecule has 0 aliphatic carbocycles. The highest BCUT2D eigenvalue weighted by molar-refractivity contribution is 9.10. The Morgan fingerprint density at radius 3 is 2.44 bits per heavy atom. The summed E-state index contributed by atoms with van der Waals surface area (Å²) in [6, 6.07) is 8.41. The van der Waals surface area contributed by atoms with Gasteiger partial charge >= 0.3 is 0 Å². The molecule has 0 saturated heterocycles. The average molecular weight is 404 g/mol. The van der Waals surface area contributed by atoms with E-state index < -0.39 is 0 Å². The van der Waals surface area contributed by atoms with Gasteiger partial charge in [-0.1, -0.05) is 29.3 Å². The number of nitrogens with zero attached hydrogens (tertiary/aromatic N) is 3. The van der Waals surface area contributed by atoms with Gasteiger partial charge in [-0.05, 0) is 62.2 Å². The number of rotatable bonds is 6. The Morgan fingerprint density at radius 1 is 1.20 bits per heavy atom. The minimum atomic E-state index is -0.0811. The predicted octanol–water partition coefficient (Wildman–Crippen LogP) is 5.52. The van der Waals surface area contributed by atoms with E-state index >= 15 is 0 Å². The van der Waals surface area contributed by atoms with Crippen molar-refractivity contribution in [3.63, 3.8) is 0 Å². The molecule has 0 aliphatic rings. The summed E-state index contributed by atoms with van der Waals surface area (Å²) in [6.45, 7) is 11.2.